The zero-order valence-electron chi connectivity index (χ0n) is 12.5. The number of aliphatic hydroxyl groups is 1. The first-order valence-corrected chi connectivity index (χ1v) is 9.04. The van der Waals surface area contributed by atoms with Gasteiger partial charge in [-0.15, -0.1) is 0 Å². The van der Waals surface area contributed by atoms with Gasteiger partial charge in [0.15, 0.2) is 8.32 Å². The van der Waals surface area contributed by atoms with Gasteiger partial charge >= 0.3 is 5.97 Å². The number of ether oxygens (including phenoxy) is 1. The Morgan fingerprint density at radius 1 is 1.33 bits per heavy atom. The monoisotopic (exact) mass is 274 g/mol. The Morgan fingerprint density at radius 2 is 1.83 bits per heavy atom. The van der Waals surface area contributed by atoms with Crippen molar-refractivity contribution in [2.45, 2.75) is 58.0 Å². The standard InChI is InChI=1S/C13H26O4Si/c1-10(11(14)8-9-12(15)16-5)17-18(6,7)13(2,3)4/h8-11,14H,1-7H3/b9-8+/t10-,11+/m0/s1. The van der Waals surface area contributed by atoms with E-state index in [4.69, 9.17) is 4.43 Å². The number of rotatable bonds is 5. The van der Waals surface area contributed by atoms with Crippen molar-refractivity contribution in [3.63, 3.8) is 0 Å². The fourth-order valence-corrected chi connectivity index (χ4v) is 2.54. The van der Waals surface area contributed by atoms with Gasteiger partial charge in [-0.3, -0.25) is 0 Å². The second-order valence-electron chi connectivity index (χ2n) is 5.96. The topological polar surface area (TPSA) is 55.8 Å². The van der Waals surface area contributed by atoms with E-state index < -0.39 is 20.4 Å². The van der Waals surface area contributed by atoms with Gasteiger partial charge in [0.2, 0.25) is 0 Å². The van der Waals surface area contributed by atoms with Gasteiger partial charge in [-0.2, -0.15) is 0 Å². The highest BCUT2D eigenvalue weighted by Crippen LogP contribution is 2.37. The molecule has 0 spiro atoms. The van der Waals surface area contributed by atoms with Crippen LogP contribution in [0.1, 0.15) is 27.7 Å². The van der Waals surface area contributed by atoms with Gasteiger partial charge < -0.3 is 14.3 Å². The van der Waals surface area contributed by atoms with Crippen LogP contribution in [0.5, 0.6) is 0 Å². The summed E-state index contributed by atoms with van der Waals surface area (Å²) in [4.78, 5) is 10.9. The largest absolute Gasteiger partial charge is 0.466 e. The molecule has 0 bridgehead atoms. The van der Waals surface area contributed by atoms with Crippen LogP contribution in [-0.4, -0.2) is 38.7 Å². The van der Waals surface area contributed by atoms with Crippen molar-refractivity contribution in [1.82, 2.24) is 0 Å². The molecular weight excluding hydrogens is 248 g/mol. The Labute approximate surface area is 111 Å². The highest BCUT2D eigenvalue weighted by molar-refractivity contribution is 6.74. The Kier molecular flexibility index (Phi) is 6.26. The number of aliphatic hydroxyl groups excluding tert-OH is 1. The number of carbonyl (C=O) groups is 1. The number of carbonyl (C=O) groups excluding carboxylic acids is 1. The van der Waals surface area contributed by atoms with E-state index >= 15 is 0 Å². The first-order valence-electron chi connectivity index (χ1n) is 6.13. The SMILES string of the molecule is COC(=O)/C=C/[C@@H](O)[C@H](C)O[Si](C)(C)C(C)(C)C. The van der Waals surface area contributed by atoms with E-state index in [0.717, 1.165) is 0 Å². The molecule has 0 saturated heterocycles. The lowest BCUT2D eigenvalue weighted by molar-refractivity contribution is -0.134. The van der Waals surface area contributed by atoms with E-state index in [1.165, 1.54) is 19.3 Å². The Balaban J connectivity index is 4.54. The molecule has 5 heteroatoms. The minimum atomic E-state index is -1.91. The summed E-state index contributed by atoms with van der Waals surface area (Å²) in [7, 11) is -0.605. The zero-order valence-corrected chi connectivity index (χ0v) is 13.5. The normalized spacial score (nSPS) is 16.7. The van der Waals surface area contributed by atoms with Crippen LogP contribution in [0.3, 0.4) is 0 Å². The lowest BCUT2D eigenvalue weighted by Gasteiger charge is -2.39. The minimum Gasteiger partial charge on any atom is -0.466 e. The lowest BCUT2D eigenvalue weighted by atomic mass is 10.2. The minimum absolute atomic E-state index is 0.0903. The highest BCUT2D eigenvalue weighted by atomic mass is 28.4. The third kappa shape index (κ3) is 5.33. The summed E-state index contributed by atoms with van der Waals surface area (Å²) in [5.41, 5.74) is 0. The molecular formula is C13H26O4Si. The van der Waals surface area contributed by atoms with Crippen molar-refractivity contribution in [2.75, 3.05) is 7.11 Å². The summed E-state index contributed by atoms with van der Waals surface area (Å²) in [6.45, 7) is 12.5. The molecule has 0 unspecified atom stereocenters. The Morgan fingerprint density at radius 3 is 2.22 bits per heavy atom. The number of hydrogen-bond acceptors (Lipinski definition) is 4. The first kappa shape index (κ1) is 17.3. The molecule has 0 aromatic rings. The van der Waals surface area contributed by atoms with Crippen LogP contribution < -0.4 is 0 Å². The summed E-state index contributed by atoms with van der Waals surface area (Å²) in [6.07, 6.45) is 1.48. The molecule has 0 radical (unpaired) electrons. The molecule has 0 aromatic carbocycles. The van der Waals surface area contributed by atoms with Crippen molar-refractivity contribution in [3.05, 3.63) is 12.2 Å². The highest BCUT2D eigenvalue weighted by Gasteiger charge is 2.39. The van der Waals surface area contributed by atoms with Crippen LogP contribution in [0.4, 0.5) is 0 Å². The van der Waals surface area contributed by atoms with E-state index in [1.54, 1.807) is 0 Å². The average molecular weight is 274 g/mol. The van der Waals surface area contributed by atoms with Crippen molar-refractivity contribution in [1.29, 1.82) is 0 Å². The van der Waals surface area contributed by atoms with Crippen LogP contribution in [-0.2, 0) is 14.0 Å². The van der Waals surface area contributed by atoms with Gasteiger partial charge in [0, 0.05) is 6.08 Å². The van der Waals surface area contributed by atoms with E-state index in [-0.39, 0.29) is 11.1 Å². The second kappa shape index (κ2) is 6.50. The van der Waals surface area contributed by atoms with Crippen LogP contribution in [0, 0.1) is 0 Å². The van der Waals surface area contributed by atoms with Gasteiger partial charge in [-0.25, -0.2) is 4.79 Å². The molecule has 18 heavy (non-hydrogen) atoms. The molecule has 0 saturated carbocycles. The quantitative estimate of drug-likeness (QED) is 0.475. The number of esters is 1. The van der Waals surface area contributed by atoms with E-state index in [0.29, 0.717) is 0 Å². The van der Waals surface area contributed by atoms with E-state index in [1.807, 2.05) is 6.92 Å². The van der Waals surface area contributed by atoms with Crippen molar-refractivity contribution in [3.8, 4) is 0 Å². The first-order chi connectivity index (χ1) is 8.01. The number of methoxy groups -OCH3 is 1. The molecule has 2 atom stereocenters. The predicted octanol–water partition coefficient (Wildman–Crippen LogP) is 2.49. The molecule has 106 valence electrons. The fraction of sp³-hybridized carbons (Fsp3) is 0.769. The molecule has 0 aliphatic rings. The summed E-state index contributed by atoms with van der Waals surface area (Å²) in [5, 5.41) is 9.98. The summed E-state index contributed by atoms with van der Waals surface area (Å²) in [6, 6.07) is 0. The Bertz CT molecular complexity index is 305. The summed E-state index contributed by atoms with van der Waals surface area (Å²) < 4.78 is 10.5. The molecule has 0 aliphatic carbocycles. The van der Waals surface area contributed by atoms with Crippen LogP contribution >= 0.6 is 0 Å². The van der Waals surface area contributed by atoms with Gasteiger partial charge in [0.1, 0.15) is 0 Å². The molecule has 0 amide bonds. The fourth-order valence-electron chi connectivity index (χ4n) is 1.11. The van der Waals surface area contributed by atoms with Gasteiger partial charge in [-0.05, 0) is 31.1 Å². The summed E-state index contributed by atoms with van der Waals surface area (Å²) >= 11 is 0. The van der Waals surface area contributed by atoms with Crippen molar-refractivity contribution < 1.29 is 19.1 Å². The third-order valence-corrected chi connectivity index (χ3v) is 7.97. The molecule has 4 nitrogen and oxygen atoms in total. The molecule has 1 N–H and O–H groups in total. The zero-order chi connectivity index (χ0) is 14.6. The smallest absolute Gasteiger partial charge is 0.330 e. The molecule has 0 rings (SSSR count). The van der Waals surface area contributed by atoms with E-state index in [2.05, 4.69) is 38.6 Å². The maximum Gasteiger partial charge on any atom is 0.330 e. The Hall–Kier alpha value is -0.653. The molecule has 0 aliphatic heterocycles. The van der Waals surface area contributed by atoms with Gasteiger partial charge in [-0.1, -0.05) is 20.8 Å². The van der Waals surface area contributed by atoms with Crippen LogP contribution in [0.2, 0.25) is 18.1 Å². The average Bonchev–Trinajstić information content (AvgIpc) is 2.22. The molecule has 0 aromatic heterocycles. The molecule has 0 heterocycles. The van der Waals surface area contributed by atoms with Gasteiger partial charge in [0.25, 0.3) is 0 Å². The third-order valence-electron chi connectivity index (χ3n) is 3.40. The maximum atomic E-state index is 10.9. The van der Waals surface area contributed by atoms with Crippen LogP contribution in [0.25, 0.3) is 0 Å². The summed E-state index contributed by atoms with van der Waals surface area (Å²) in [5.74, 6) is -0.478. The van der Waals surface area contributed by atoms with Crippen molar-refractivity contribution in [2.24, 2.45) is 0 Å². The van der Waals surface area contributed by atoms with Crippen molar-refractivity contribution >= 4 is 14.3 Å². The molecule has 0 fully saturated rings. The van der Waals surface area contributed by atoms with Crippen LogP contribution in [0.15, 0.2) is 12.2 Å². The van der Waals surface area contributed by atoms with E-state index in [9.17, 15) is 9.90 Å². The number of hydrogen-bond donors (Lipinski definition) is 1. The van der Waals surface area contributed by atoms with Gasteiger partial charge in [0.05, 0.1) is 19.3 Å². The maximum absolute atomic E-state index is 10.9. The second-order valence-corrected chi connectivity index (χ2v) is 10.7. The predicted molar refractivity (Wildman–Crippen MR) is 74.9 cm³/mol. The lowest BCUT2D eigenvalue weighted by Crippen LogP contribution is -2.45.